The molecule has 6 rings (SSSR count). The van der Waals surface area contributed by atoms with Crippen LogP contribution >= 0.6 is 11.6 Å². The minimum atomic E-state index is -4.64. The number of hydrogen-bond acceptors (Lipinski definition) is 11. The van der Waals surface area contributed by atoms with E-state index >= 15 is 0 Å². The zero-order valence-electron chi connectivity index (χ0n) is 30.9. The molecule has 1 fully saturated rings. The highest BCUT2D eigenvalue weighted by atomic mass is 35.5. The molecule has 4 aromatic carbocycles. The van der Waals surface area contributed by atoms with Gasteiger partial charge >= 0.3 is 30.0 Å². The van der Waals surface area contributed by atoms with E-state index < -0.39 is 60.6 Å². The monoisotopic (exact) mass is 816 g/mol. The molecule has 58 heavy (non-hydrogen) atoms. The van der Waals surface area contributed by atoms with Crippen molar-refractivity contribution >= 4 is 58.6 Å². The van der Waals surface area contributed by atoms with Gasteiger partial charge in [0.25, 0.3) is 5.91 Å². The van der Waals surface area contributed by atoms with Gasteiger partial charge in [-0.2, -0.15) is 28.1 Å². The summed E-state index contributed by atoms with van der Waals surface area (Å²) in [6.07, 6.45) is -3.24. The lowest BCUT2D eigenvalue weighted by Crippen LogP contribution is -2.50. The quantitative estimate of drug-likeness (QED) is 0.0625. The molecule has 300 valence electrons. The van der Waals surface area contributed by atoms with E-state index in [1.807, 2.05) is 55.5 Å². The van der Waals surface area contributed by atoms with Crippen LogP contribution < -0.4 is 31.3 Å². The van der Waals surface area contributed by atoms with Crippen LogP contribution in [0.25, 0.3) is 11.1 Å². The summed E-state index contributed by atoms with van der Waals surface area (Å²) in [7, 11) is 1.10. The third-order valence-corrected chi connectivity index (χ3v) is 9.20. The molecule has 0 spiro atoms. The first-order chi connectivity index (χ1) is 27.7. The van der Waals surface area contributed by atoms with E-state index in [0.717, 1.165) is 29.4 Å². The molecule has 14 nitrogen and oxygen atoms in total. The molecule has 18 heteroatoms. The number of amides is 3. The van der Waals surface area contributed by atoms with Gasteiger partial charge in [0.2, 0.25) is 11.9 Å². The van der Waals surface area contributed by atoms with Gasteiger partial charge in [0.1, 0.15) is 6.04 Å². The molecule has 3 amide bonds. The Kier molecular flexibility index (Phi) is 12.4. The maximum absolute atomic E-state index is 13.1. The molecule has 1 atom stereocenters. The normalized spacial score (nSPS) is 13.3. The molecule has 0 unspecified atom stereocenters. The van der Waals surface area contributed by atoms with Crippen LogP contribution in [0.2, 0.25) is 5.02 Å². The summed E-state index contributed by atoms with van der Waals surface area (Å²) in [6.45, 7) is -0.114. The number of rotatable bonds is 14. The summed E-state index contributed by atoms with van der Waals surface area (Å²) in [5.41, 5.74) is 4.15. The number of benzene rings is 4. The van der Waals surface area contributed by atoms with Gasteiger partial charge < -0.3 is 36.1 Å². The van der Waals surface area contributed by atoms with Crippen LogP contribution in [0.4, 0.5) is 36.4 Å². The average molecular weight is 817 g/mol. The van der Waals surface area contributed by atoms with Crippen LogP contribution in [0, 0.1) is 6.92 Å². The molecular formula is C40H36ClF3N8O6. The zero-order chi connectivity index (χ0) is 41.5. The van der Waals surface area contributed by atoms with Gasteiger partial charge in [-0.3, -0.25) is 14.4 Å². The molecule has 1 saturated carbocycles. The van der Waals surface area contributed by atoms with Gasteiger partial charge in [0.05, 0.1) is 12.6 Å². The molecule has 5 N–H and O–H groups in total. The molecule has 0 radical (unpaired) electrons. The number of nitrogens with zero attached hydrogens (tertiary/aromatic N) is 3. The minimum absolute atomic E-state index is 0.0379. The van der Waals surface area contributed by atoms with Gasteiger partial charge in [0, 0.05) is 28.5 Å². The van der Waals surface area contributed by atoms with Crippen molar-refractivity contribution < 1.29 is 41.8 Å². The number of anilines is 4. The number of aromatic nitrogens is 3. The number of aryl methyl sites for hydroxylation is 1. The smallest absolute Gasteiger partial charge is 0.422 e. The molecule has 1 aliphatic rings. The fourth-order valence-electron chi connectivity index (χ4n) is 5.78. The molecule has 0 bridgehead atoms. The lowest BCUT2D eigenvalue weighted by Gasteiger charge is -2.19. The highest BCUT2D eigenvalue weighted by Crippen LogP contribution is 2.48. The molecule has 0 aliphatic heterocycles. The van der Waals surface area contributed by atoms with Crippen LogP contribution in [0.3, 0.4) is 0 Å². The lowest BCUT2D eigenvalue weighted by molar-refractivity contribution is -0.154. The Morgan fingerprint density at radius 2 is 1.48 bits per heavy atom. The Morgan fingerprint density at radius 1 is 0.828 bits per heavy atom. The lowest BCUT2D eigenvalue weighted by atomic mass is 10.0. The maximum atomic E-state index is 13.1. The second-order valence-corrected chi connectivity index (χ2v) is 13.6. The molecule has 0 saturated heterocycles. The van der Waals surface area contributed by atoms with Crippen LogP contribution in [0.5, 0.6) is 6.01 Å². The van der Waals surface area contributed by atoms with Gasteiger partial charge in [-0.25, -0.2) is 4.79 Å². The predicted octanol–water partition coefficient (Wildman–Crippen LogP) is 6.31. The third kappa shape index (κ3) is 10.8. The van der Waals surface area contributed by atoms with Crippen molar-refractivity contribution in [1.82, 2.24) is 25.6 Å². The van der Waals surface area contributed by atoms with Gasteiger partial charge in [0.15, 0.2) is 6.61 Å². The van der Waals surface area contributed by atoms with Crippen molar-refractivity contribution in [2.45, 2.75) is 37.5 Å². The Labute approximate surface area is 334 Å². The van der Waals surface area contributed by atoms with Crippen molar-refractivity contribution in [2.24, 2.45) is 0 Å². The van der Waals surface area contributed by atoms with Gasteiger partial charge in [-0.05, 0) is 90.6 Å². The standard InChI is InChI=1S/C40H36ClF3N8O6/c1-23-5-3-4-6-30(23)24-7-15-28(16-8-24)46-34(55)33(54)45-21-31(35(56)57-2)48-32(53)25-9-17-29(18-10-25)47-36-49-37(51-38(50-36)58-22-40(42,43)44)52-39(19-20-39)26-11-13-27(41)14-12-26/h3-18,31H,19-22H2,1-2H3,(H,45,54)(H,46,55)(H,48,53)(H2,47,49,50,51,52)/t31-/m0/s1. The van der Waals surface area contributed by atoms with Crippen molar-refractivity contribution in [1.29, 1.82) is 0 Å². The van der Waals surface area contributed by atoms with Gasteiger partial charge in [-0.1, -0.05) is 60.1 Å². The van der Waals surface area contributed by atoms with E-state index in [1.165, 1.54) is 24.3 Å². The Balaban J connectivity index is 1.07. The molecule has 1 heterocycles. The first kappa shape index (κ1) is 40.9. The fourth-order valence-corrected chi connectivity index (χ4v) is 5.90. The van der Waals surface area contributed by atoms with Crippen molar-refractivity contribution in [3.8, 4) is 17.1 Å². The average Bonchev–Trinajstić information content (AvgIpc) is 3.99. The predicted molar refractivity (Wildman–Crippen MR) is 209 cm³/mol. The number of esters is 1. The Morgan fingerprint density at radius 3 is 2.12 bits per heavy atom. The first-order valence-electron chi connectivity index (χ1n) is 17.7. The van der Waals surface area contributed by atoms with Crippen molar-refractivity contribution in [2.75, 3.05) is 36.2 Å². The number of carbonyl (C=O) groups is 4. The van der Waals surface area contributed by atoms with Gasteiger partial charge in [-0.15, -0.1) is 0 Å². The highest BCUT2D eigenvalue weighted by Gasteiger charge is 2.45. The van der Waals surface area contributed by atoms with E-state index in [1.54, 1.807) is 24.3 Å². The second kappa shape index (κ2) is 17.6. The van der Waals surface area contributed by atoms with E-state index in [9.17, 15) is 32.3 Å². The third-order valence-electron chi connectivity index (χ3n) is 8.94. The summed E-state index contributed by atoms with van der Waals surface area (Å²) in [4.78, 5) is 63.3. The van der Waals surface area contributed by atoms with Crippen LogP contribution in [0.1, 0.15) is 34.3 Å². The number of nitrogens with one attached hydrogen (secondary N) is 5. The first-order valence-corrected chi connectivity index (χ1v) is 18.1. The molecule has 1 aliphatic carbocycles. The van der Waals surface area contributed by atoms with E-state index in [0.29, 0.717) is 29.2 Å². The number of methoxy groups -OCH3 is 1. The summed E-state index contributed by atoms with van der Waals surface area (Å²) in [5, 5.41) is 13.9. The number of ether oxygens (including phenoxy) is 2. The summed E-state index contributed by atoms with van der Waals surface area (Å²) in [5.74, 6) is -3.84. The topological polar surface area (TPSA) is 186 Å². The fraction of sp³-hybridized carbons (Fsp3) is 0.225. The second-order valence-electron chi connectivity index (χ2n) is 13.2. The Bertz CT molecular complexity index is 2290. The van der Waals surface area contributed by atoms with Crippen molar-refractivity contribution in [3.05, 3.63) is 119 Å². The number of carbonyl (C=O) groups excluding carboxylic acids is 4. The van der Waals surface area contributed by atoms with Crippen molar-refractivity contribution in [3.63, 3.8) is 0 Å². The maximum Gasteiger partial charge on any atom is 0.422 e. The number of halogens is 4. The van der Waals surface area contributed by atoms with E-state index in [-0.39, 0.29) is 17.5 Å². The molecule has 5 aromatic rings. The molecular weight excluding hydrogens is 781 g/mol. The van der Waals surface area contributed by atoms with Crippen LogP contribution in [-0.2, 0) is 24.7 Å². The highest BCUT2D eigenvalue weighted by molar-refractivity contribution is 6.39. The number of alkyl halides is 3. The largest absolute Gasteiger partial charge is 0.467 e. The zero-order valence-corrected chi connectivity index (χ0v) is 31.7. The van der Waals surface area contributed by atoms with Crippen LogP contribution in [0.15, 0.2) is 97.1 Å². The summed E-state index contributed by atoms with van der Waals surface area (Å²) < 4.78 is 48.6. The summed E-state index contributed by atoms with van der Waals surface area (Å²) in [6, 6.07) is 25.6. The Hall–Kier alpha value is -6.75. The SMILES string of the molecule is COC(=O)[C@H](CNC(=O)C(=O)Nc1ccc(-c2ccccc2C)cc1)NC(=O)c1ccc(Nc2nc(NC3(c4ccc(Cl)cc4)CC3)nc(OCC(F)(F)F)n2)cc1. The van der Waals surface area contributed by atoms with E-state index in [2.05, 4.69) is 41.5 Å². The number of hydrogen-bond donors (Lipinski definition) is 5. The van der Waals surface area contributed by atoms with Crippen LogP contribution in [-0.4, -0.2) is 71.1 Å². The molecule has 1 aromatic heterocycles. The van der Waals surface area contributed by atoms with E-state index in [4.69, 9.17) is 21.1 Å². The summed E-state index contributed by atoms with van der Waals surface area (Å²) >= 11 is 6.04. The minimum Gasteiger partial charge on any atom is -0.467 e.